The molecule has 2 unspecified atom stereocenters. The van der Waals surface area contributed by atoms with Gasteiger partial charge in [-0.2, -0.15) is 0 Å². The lowest BCUT2D eigenvalue weighted by atomic mass is 10.2. The van der Waals surface area contributed by atoms with Gasteiger partial charge in [0.25, 0.3) is 0 Å². The van der Waals surface area contributed by atoms with E-state index in [1.54, 1.807) is 28.4 Å². The minimum Gasteiger partial charge on any atom is -0.493 e. The number of guanidine groups is 1. The fourth-order valence-corrected chi connectivity index (χ4v) is 2.91. The van der Waals surface area contributed by atoms with Gasteiger partial charge in [-0.15, -0.1) is 0 Å². The summed E-state index contributed by atoms with van der Waals surface area (Å²) in [6, 6.07) is 4.44. The maximum atomic E-state index is 5.39. The second-order valence-corrected chi connectivity index (χ2v) is 5.99. The van der Waals surface area contributed by atoms with Crippen LogP contribution >= 0.6 is 0 Å². The van der Waals surface area contributed by atoms with E-state index in [0.29, 0.717) is 29.8 Å². The van der Waals surface area contributed by atoms with Crippen LogP contribution in [0.25, 0.3) is 0 Å². The lowest BCUT2D eigenvalue weighted by Crippen LogP contribution is -2.38. The number of ether oxygens (including phenoxy) is 3. The predicted molar refractivity (Wildman–Crippen MR) is 96.2 cm³/mol. The van der Waals surface area contributed by atoms with Crippen LogP contribution in [0.3, 0.4) is 0 Å². The highest BCUT2D eigenvalue weighted by molar-refractivity contribution is 5.80. The van der Waals surface area contributed by atoms with Crippen LogP contribution in [0.15, 0.2) is 17.1 Å². The van der Waals surface area contributed by atoms with Gasteiger partial charge in [-0.25, -0.2) is 0 Å². The molecule has 0 amide bonds. The molecule has 6 heteroatoms. The molecule has 0 spiro atoms. The molecule has 1 aliphatic rings. The first-order valence-corrected chi connectivity index (χ1v) is 8.42. The maximum Gasteiger partial charge on any atom is 0.203 e. The Morgan fingerprint density at radius 3 is 2.33 bits per heavy atom. The average molecular weight is 335 g/mol. The van der Waals surface area contributed by atoms with E-state index in [1.807, 2.05) is 12.1 Å². The van der Waals surface area contributed by atoms with Gasteiger partial charge in [0.15, 0.2) is 17.5 Å². The summed E-state index contributed by atoms with van der Waals surface area (Å²) in [4.78, 5) is 4.30. The van der Waals surface area contributed by atoms with Gasteiger partial charge in [0.1, 0.15) is 0 Å². The highest BCUT2D eigenvalue weighted by Gasteiger charge is 2.36. The Morgan fingerprint density at radius 2 is 1.83 bits per heavy atom. The third-order valence-electron chi connectivity index (χ3n) is 4.31. The second-order valence-electron chi connectivity index (χ2n) is 5.99. The zero-order valence-electron chi connectivity index (χ0n) is 15.3. The fourth-order valence-electron chi connectivity index (χ4n) is 2.91. The first-order valence-electron chi connectivity index (χ1n) is 8.42. The van der Waals surface area contributed by atoms with Gasteiger partial charge < -0.3 is 24.8 Å². The van der Waals surface area contributed by atoms with Crippen molar-refractivity contribution in [2.24, 2.45) is 10.9 Å². The number of hydrogen-bond donors (Lipinski definition) is 2. The summed E-state index contributed by atoms with van der Waals surface area (Å²) in [5, 5.41) is 6.82. The summed E-state index contributed by atoms with van der Waals surface area (Å²) in [6.45, 7) is 2.86. The normalized spacial score (nSPS) is 19.6. The first kappa shape index (κ1) is 18.2. The smallest absolute Gasteiger partial charge is 0.203 e. The van der Waals surface area contributed by atoms with Crippen molar-refractivity contribution < 1.29 is 14.2 Å². The molecule has 0 bridgehead atoms. The van der Waals surface area contributed by atoms with Crippen molar-refractivity contribution >= 4 is 5.96 Å². The van der Waals surface area contributed by atoms with Crippen LogP contribution in [0.2, 0.25) is 0 Å². The molecule has 1 fully saturated rings. The summed E-state index contributed by atoms with van der Waals surface area (Å²) in [5.74, 6) is 3.53. The zero-order chi connectivity index (χ0) is 17.5. The van der Waals surface area contributed by atoms with Crippen molar-refractivity contribution in [1.82, 2.24) is 10.6 Å². The Morgan fingerprint density at radius 1 is 1.17 bits per heavy atom. The van der Waals surface area contributed by atoms with Crippen LogP contribution < -0.4 is 24.8 Å². The van der Waals surface area contributed by atoms with E-state index in [0.717, 1.165) is 17.4 Å². The van der Waals surface area contributed by atoms with Crippen LogP contribution in [0.1, 0.15) is 31.7 Å². The van der Waals surface area contributed by atoms with E-state index in [9.17, 15) is 0 Å². The number of hydrogen-bond acceptors (Lipinski definition) is 4. The van der Waals surface area contributed by atoms with Crippen molar-refractivity contribution in [1.29, 1.82) is 0 Å². The fraction of sp³-hybridized carbons (Fsp3) is 0.611. The van der Waals surface area contributed by atoms with Gasteiger partial charge in [0.2, 0.25) is 5.75 Å². The second kappa shape index (κ2) is 8.66. The van der Waals surface area contributed by atoms with Crippen LogP contribution in [0.4, 0.5) is 0 Å². The minimum atomic E-state index is 0.552. The molecule has 0 aromatic heterocycles. The van der Waals surface area contributed by atoms with Gasteiger partial charge in [-0.1, -0.05) is 13.3 Å². The van der Waals surface area contributed by atoms with E-state index in [1.165, 1.54) is 19.3 Å². The summed E-state index contributed by atoms with van der Waals surface area (Å²) in [7, 11) is 6.64. The summed E-state index contributed by atoms with van der Waals surface area (Å²) >= 11 is 0. The molecule has 2 atom stereocenters. The lowest BCUT2D eigenvalue weighted by molar-refractivity contribution is 0.323. The third kappa shape index (κ3) is 4.46. The molecule has 1 aliphatic carbocycles. The molecule has 2 rings (SSSR count). The minimum absolute atomic E-state index is 0.552. The molecular formula is C18H29N3O3. The predicted octanol–water partition coefficient (Wildman–Crippen LogP) is 2.57. The lowest BCUT2D eigenvalue weighted by Gasteiger charge is -2.16. The van der Waals surface area contributed by atoms with Crippen LogP contribution in [0.5, 0.6) is 17.2 Å². The summed E-state index contributed by atoms with van der Waals surface area (Å²) in [6.07, 6.45) is 3.75. The third-order valence-corrected chi connectivity index (χ3v) is 4.31. The molecule has 1 aromatic carbocycles. The number of benzene rings is 1. The van der Waals surface area contributed by atoms with Gasteiger partial charge in [0.05, 0.1) is 21.3 Å². The van der Waals surface area contributed by atoms with E-state index in [-0.39, 0.29) is 0 Å². The molecule has 2 N–H and O–H groups in total. The van der Waals surface area contributed by atoms with Gasteiger partial charge >= 0.3 is 0 Å². The number of aliphatic imine (C=N–C) groups is 1. The number of rotatable bonds is 8. The first-order chi connectivity index (χ1) is 11.7. The van der Waals surface area contributed by atoms with Crippen molar-refractivity contribution in [3.05, 3.63) is 17.7 Å². The molecule has 0 radical (unpaired) electrons. The Balaban J connectivity index is 1.97. The Hall–Kier alpha value is -2.11. The molecule has 0 saturated heterocycles. The van der Waals surface area contributed by atoms with Crippen molar-refractivity contribution in [3.8, 4) is 17.2 Å². The zero-order valence-corrected chi connectivity index (χ0v) is 15.3. The summed E-state index contributed by atoms with van der Waals surface area (Å²) < 4.78 is 16.1. The molecule has 0 heterocycles. The Kier molecular flexibility index (Phi) is 6.58. The van der Waals surface area contributed by atoms with Crippen molar-refractivity contribution in [2.75, 3.05) is 28.4 Å². The highest BCUT2D eigenvalue weighted by Crippen LogP contribution is 2.38. The van der Waals surface area contributed by atoms with Gasteiger partial charge in [0, 0.05) is 19.6 Å². The summed E-state index contributed by atoms with van der Waals surface area (Å²) in [5.41, 5.74) is 1.04. The standard InChI is InChI=1S/C18H29N3O3/c1-6-7-13-10-14(13)21-18(19-2)20-11-12-8-15(22-3)17(24-5)16(9-12)23-4/h8-9,13-14H,6-7,10-11H2,1-5H3,(H2,19,20,21). The largest absolute Gasteiger partial charge is 0.493 e. The van der Waals surface area contributed by atoms with Crippen LogP contribution in [-0.4, -0.2) is 40.4 Å². The van der Waals surface area contributed by atoms with E-state index >= 15 is 0 Å². The molecule has 0 aliphatic heterocycles. The van der Waals surface area contributed by atoms with Gasteiger partial charge in [-0.05, 0) is 36.5 Å². The quantitative estimate of drug-likeness (QED) is 0.565. The average Bonchev–Trinajstić information content (AvgIpc) is 3.35. The number of methoxy groups -OCH3 is 3. The van der Waals surface area contributed by atoms with Crippen molar-refractivity contribution in [2.45, 2.75) is 38.8 Å². The van der Waals surface area contributed by atoms with Crippen LogP contribution in [0, 0.1) is 5.92 Å². The maximum absolute atomic E-state index is 5.39. The van der Waals surface area contributed by atoms with E-state index < -0.39 is 0 Å². The topological polar surface area (TPSA) is 64.1 Å². The SMILES string of the molecule is CCCC1CC1NC(=NC)NCc1cc(OC)c(OC)c(OC)c1. The number of nitrogens with zero attached hydrogens (tertiary/aromatic N) is 1. The molecule has 6 nitrogen and oxygen atoms in total. The molecule has 1 aromatic rings. The molecule has 24 heavy (non-hydrogen) atoms. The van der Waals surface area contributed by atoms with Crippen molar-refractivity contribution in [3.63, 3.8) is 0 Å². The Labute approximate surface area is 144 Å². The van der Waals surface area contributed by atoms with Gasteiger partial charge in [-0.3, -0.25) is 4.99 Å². The molecule has 1 saturated carbocycles. The van der Waals surface area contributed by atoms with E-state index in [2.05, 4.69) is 22.5 Å². The molecule has 134 valence electrons. The van der Waals surface area contributed by atoms with E-state index in [4.69, 9.17) is 14.2 Å². The number of nitrogens with one attached hydrogen (secondary N) is 2. The van der Waals surface area contributed by atoms with Crippen LogP contribution in [-0.2, 0) is 6.54 Å². The highest BCUT2D eigenvalue weighted by atomic mass is 16.5. The monoisotopic (exact) mass is 335 g/mol. The molecular weight excluding hydrogens is 306 g/mol. The Bertz CT molecular complexity index is 550.